The summed E-state index contributed by atoms with van der Waals surface area (Å²) < 4.78 is 5.20. The van der Waals surface area contributed by atoms with Crippen molar-refractivity contribution < 1.29 is 4.74 Å². The smallest absolute Gasteiger partial charge is 0.118 e. The summed E-state index contributed by atoms with van der Waals surface area (Å²) in [6, 6.07) is 9.16. The second kappa shape index (κ2) is 6.42. The molecule has 1 atom stereocenters. The van der Waals surface area contributed by atoms with Crippen molar-refractivity contribution in [1.29, 1.82) is 0 Å². The van der Waals surface area contributed by atoms with E-state index >= 15 is 0 Å². The second-order valence-corrected chi connectivity index (χ2v) is 6.05. The minimum Gasteiger partial charge on any atom is -0.497 e. The molecule has 0 radical (unpaired) electrons. The van der Waals surface area contributed by atoms with Crippen LogP contribution in [-0.2, 0) is 6.42 Å². The van der Waals surface area contributed by atoms with Crippen LogP contribution in [0.3, 0.4) is 0 Å². The molecule has 2 rings (SSSR count). The van der Waals surface area contributed by atoms with Crippen molar-refractivity contribution in [1.82, 2.24) is 5.32 Å². The first kappa shape index (κ1) is 14.4. The van der Waals surface area contributed by atoms with Crippen molar-refractivity contribution >= 4 is 0 Å². The van der Waals surface area contributed by atoms with Crippen molar-refractivity contribution in [2.75, 3.05) is 13.7 Å². The van der Waals surface area contributed by atoms with Gasteiger partial charge in [-0.3, -0.25) is 0 Å². The van der Waals surface area contributed by atoms with Crippen molar-refractivity contribution in [3.63, 3.8) is 0 Å². The van der Waals surface area contributed by atoms with Crippen molar-refractivity contribution in [3.05, 3.63) is 29.8 Å². The van der Waals surface area contributed by atoms with Gasteiger partial charge in [0.15, 0.2) is 0 Å². The predicted molar refractivity (Wildman–Crippen MR) is 80.7 cm³/mol. The molecule has 0 amide bonds. The molecule has 2 heteroatoms. The van der Waals surface area contributed by atoms with Gasteiger partial charge in [0.05, 0.1) is 7.11 Å². The Kier molecular flexibility index (Phi) is 4.87. The number of nitrogens with one attached hydrogen (secondary N) is 1. The van der Waals surface area contributed by atoms with Crippen LogP contribution in [0.25, 0.3) is 0 Å². The topological polar surface area (TPSA) is 21.3 Å². The summed E-state index contributed by atoms with van der Waals surface area (Å²) in [7, 11) is 1.72. The normalized spacial score (nSPS) is 18.1. The number of ether oxygens (including phenoxy) is 1. The number of rotatable bonds is 8. The zero-order chi connectivity index (χ0) is 13.7. The van der Waals surface area contributed by atoms with E-state index in [1.165, 1.54) is 31.2 Å². The second-order valence-electron chi connectivity index (χ2n) is 6.05. The van der Waals surface area contributed by atoms with E-state index in [4.69, 9.17) is 4.74 Å². The molecule has 2 nitrogen and oxygen atoms in total. The van der Waals surface area contributed by atoms with Gasteiger partial charge in [0.1, 0.15) is 5.75 Å². The van der Waals surface area contributed by atoms with Gasteiger partial charge in [0.25, 0.3) is 0 Å². The molecule has 1 aromatic carbocycles. The van der Waals surface area contributed by atoms with Crippen LogP contribution in [0.2, 0.25) is 0 Å². The van der Waals surface area contributed by atoms with E-state index in [1.54, 1.807) is 7.11 Å². The maximum Gasteiger partial charge on any atom is 0.118 e. The quantitative estimate of drug-likeness (QED) is 0.768. The van der Waals surface area contributed by atoms with E-state index in [0.29, 0.717) is 11.5 Å². The zero-order valence-corrected chi connectivity index (χ0v) is 12.5. The standard InChI is InChI=1S/C17H27NO/c1-4-13-18-16(17(2)11-12-17)10-7-14-5-8-15(19-3)9-6-14/h5-6,8-9,16,18H,4,7,10-13H2,1-3H3. The monoisotopic (exact) mass is 261 g/mol. The van der Waals surface area contributed by atoms with Gasteiger partial charge in [-0.15, -0.1) is 0 Å². The summed E-state index contributed by atoms with van der Waals surface area (Å²) in [5.41, 5.74) is 1.97. The third-order valence-corrected chi connectivity index (χ3v) is 4.40. The van der Waals surface area contributed by atoms with Crippen molar-refractivity contribution in [2.24, 2.45) is 5.41 Å². The highest BCUT2D eigenvalue weighted by atomic mass is 16.5. The molecule has 1 aromatic rings. The van der Waals surface area contributed by atoms with Crippen LogP contribution in [0.5, 0.6) is 5.75 Å². The largest absolute Gasteiger partial charge is 0.497 e. The lowest BCUT2D eigenvalue weighted by Gasteiger charge is -2.25. The Morgan fingerprint density at radius 1 is 1.26 bits per heavy atom. The third-order valence-electron chi connectivity index (χ3n) is 4.40. The van der Waals surface area contributed by atoms with E-state index in [0.717, 1.165) is 18.7 Å². The number of hydrogen-bond donors (Lipinski definition) is 1. The Balaban J connectivity index is 1.86. The highest BCUT2D eigenvalue weighted by molar-refractivity contribution is 5.27. The number of methoxy groups -OCH3 is 1. The molecular formula is C17H27NO. The molecule has 19 heavy (non-hydrogen) atoms. The van der Waals surface area contributed by atoms with E-state index in [-0.39, 0.29) is 0 Å². The molecule has 1 aliphatic carbocycles. The number of benzene rings is 1. The average Bonchev–Trinajstić information content (AvgIpc) is 3.18. The first-order valence-electron chi connectivity index (χ1n) is 7.54. The average molecular weight is 261 g/mol. The summed E-state index contributed by atoms with van der Waals surface area (Å²) in [4.78, 5) is 0. The Morgan fingerprint density at radius 3 is 2.47 bits per heavy atom. The Hall–Kier alpha value is -1.02. The predicted octanol–water partition coefficient (Wildman–Crippen LogP) is 3.80. The van der Waals surface area contributed by atoms with Gasteiger partial charge < -0.3 is 10.1 Å². The first-order chi connectivity index (χ1) is 9.18. The maximum absolute atomic E-state index is 5.20. The molecule has 1 saturated carbocycles. The SMILES string of the molecule is CCCNC(CCc1ccc(OC)cc1)C1(C)CC1. The third kappa shape index (κ3) is 3.97. The minimum atomic E-state index is 0.557. The zero-order valence-electron chi connectivity index (χ0n) is 12.5. The van der Waals surface area contributed by atoms with Crippen LogP contribution in [0.4, 0.5) is 0 Å². The van der Waals surface area contributed by atoms with Crippen LogP contribution in [-0.4, -0.2) is 19.7 Å². The number of hydrogen-bond acceptors (Lipinski definition) is 2. The van der Waals surface area contributed by atoms with Crippen molar-refractivity contribution in [3.8, 4) is 5.75 Å². The molecule has 0 aliphatic heterocycles. The highest BCUT2D eigenvalue weighted by Gasteiger charge is 2.43. The van der Waals surface area contributed by atoms with Crippen LogP contribution in [0, 0.1) is 5.41 Å². The van der Waals surface area contributed by atoms with Crippen LogP contribution in [0.1, 0.15) is 45.1 Å². The molecular weight excluding hydrogens is 234 g/mol. The lowest BCUT2D eigenvalue weighted by Crippen LogP contribution is -2.37. The number of aryl methyl sites for hydroxylation is 1. The van der Waals surface area contributed by atoms with E-state index in [1.807, 2.05) is 0 Å². The van der Waals surface area contributed by atoms with Gasteiger partial charge in [-0.2, -0.15) is 0 Å². The van der Waals surface area contributed by atoms with Gasteiger partial charge in [-0.25, -0.2) is 0 Å². The van der Waals surface area contributed by atoms with Crippen LogP contribution < -0.4 is 10.1 Å². The van der Waals surface area contributed by atoms with Gasteiger partial charge in [0.2, 0.25) is 0 Å². The van der Waals surface area contributed by atoms with E-state index in [2.05, 4.69) is 43.4 Å². The fourth-order valence-corrected chi connectivity index (χ4v) is 2.66. The van der Waals surface area contributed by atoms with Crippen molar-refractivity contribution in [2.45, 2.75) is 52.0 Å². The summed E-state index contributed by atoms with van der Waals surface area (Å²) >= 11 is 0. The molecule has 0 aromatic heterocycles. The summed E-state index contributed by atoms with van der Waals surface area (Å²) in [5, 5.41) is 3.74. The van der Waals surface area contributed by atoms with Gasteiger partial charge in [-0.05, 0) is 61.8 Å². The Labute approximate surface area is 117 Å². The maximum atomic E-state index is 5.20. The lowest BCUT2D eigenvalue weighted by molar-refractivity contribution is 0.337. The fraction of sp³-hybridized carbons (Fsp3) is 0.647. The van der Waals surface area contributed by atoms with Gasteiger partial charge >= 0.3 is 0 Å². The minimum absolute atomic E-state index is 0.557. The van der Waals surface area contributed by atoms with Gasteiger partial charge in [0, 0.05) is 6.04 Å². The molecule has 1 N–H and O–H groups in total. The molecule has 1 unspecified atom stereocenters. The van der Waals surface area contributed by atoms with E-state index < -0.39 is 0 Å². The summed E-state index contributed by atoms with van der Waals surface area (Å²) in [6.45, 7) is 5.81. The van der Waals surface area contributed by atoms with Gasteiger partial charge in [-0.1, -0.05) is 26.0 Å². The Bertz CT molecular complexity index is 381. The highest BCUT2D eigenvalue weighted by Crippen LogP contribution is 2.49. The molecule has 106 valence electrons. The molecule has 0 bridgehead atoms. The molecule has 0 saturated heterocycles. The molecule has 1 aliphatic rings. The first-order valence-corrected chi connectivity index (χ1v) is 7.54. The molecule has 0 heterocycles. The van der Waals surface area contributed by atoms with E-state index in [9.17, 15) is 0 Å². The Morgan fingerprint density at radius 2 is 1.95 bits per heavy atom. The fourth-order valence-electron chi connectivity index (χ4n) is 2.66. The summed E-state index contributed by atoms with van der Waals surface area (Å²) in [5.74, 6) is 0.943. The summed E-state index contributed by atoms with van der Waals surface area (Å²) in [6.07, 6.45) is 6.38. The van der Waals surface area contributed by atoms with Crippen LogP contribution in [0.15, 0.2) is 24.3 Å². The molecule has 0 spiro atoms. The molecule has 1 fully saturated rings. The van der Waals surface area contributed by atoms with Crippen LogP contribution >= 0.6 is 0 Å². The lowest BCUT2D eigenvalue weighted by atomic mass is 9.92.